The highest BCUT2D eigenvalue weighted by Gasteiger charge is 2.33. The lowest BCUT2D eigenvalue weighted by Crippen LogP contribution is -2.11. The van der Waals surface area contributed by atoms with Crippen molar-refractivity contribution in [1.82, 2.24) is 4.98 Å². The second-order valence-electron chi connectivity index (χ2n) is 3.81. The maximum Gasteiger partial charge on any atom is 0.183 e. The number of nitrogens with zero attached hydrogens (tertiary/aromatic N) is 1. The molecular weight excluding hydrogens is 224 g/mol. The summed E-state index contributed by atoms with van der Waals surface area (Å²) in [5, 5.41) is 8.74. The van der Waals surface area contributed by atoms with Crippen molar-refractivity contribution in [3.63, 3.8) is 0 Å². The fourth-order valence-electron chi connectivity index (χ4n) is 1.75. The molecule has 0 spiro atoms. The summed E-state index contributed by atoms with van der Waals surface area (Å²) in [5.41, 5.74) is 0. The second kappa shape index (κ2) is 3.94. The van der Waals surface area contributed by atoms with Gasteiger partial charge >= 0.3 is 0 Å². The Hall–Kier alpha value is -0.870. The summed E-state index contributed by atoms with van der Waals surface area (Å²) < 4.78 is 0. The van der Waals surface area contributed by atoms with E-state index in [0.29, 0.717) is 6.04 Å². The molecule has 0 saturated heterocycles. The Bertz CT molecular complexity index is 404. The minimum absolute atomic E-state index is 0.483. The van der Waals surface area contributed by atoms with E-state index in [-0.39, 0.29) is 0 Å². The molecular formula is C11H12N2S2. The Morgan fingerprint density at radius 3 is 2.87 bits per heavy atom. The first-order valence-electron chi connectivity index (χ1n) is 5.13. The van der Waals surface area contributed by atoms with Crippen molar-refractivity contribution in [3.8, 4) is 0 Å². The van der Waals surface area contributed by atoms with Gasteiger partial charge in [0.25, 0.3) is 0 Å². The molecule has 1 unspecified atom stereocenters. The van der Waals surface area contributed by atoms with Crippen LogP contribution < -0.4 is 5.32 Å². The number of hydrogen-bond donors (Lipinski definition) is 1. The first-order valence-corrected chi connectivity index (χ1v) is 6.89. The summed E-state index contributed by atoms with van der Waals surface area (Å²) in [4.78, 5) is 5.73. The number of hydrogen-bond acceptors (Lipinski definition) is 4. The third-order valence-electron chi connectivity index (χ3n) is 2.65. The Labute approximate surface area is 97.0 Å². The van der Waals surface area contributed by atoms with Crippen LogP contribution in [-0.2, 0) is 0 Å². The van der Waals surface area contributed by atoms with E-state index in [0.717, 1.165) is 11.0 Å². The van der Waals surface area contributed by atoms with Crippen molar-refractivity contribution in [2.45, 2.75) is 18.9 Å². The van der Waals surface area contributed by atoms with Crippen LogP contribution in [0.15, 0.2) is 29.1 Å². The van der Waals surface area contributed by atoms with Crippen molar-refractivity contribution < 1.29 is 0 Å². The lowest BCUT2D eigenvalue weighted by Gasteiger charge is -2.15. The molecule has 0 amide bonds. The Balaban J connectivity index is 1.80. The highest BCUT2D eigenvalue weighted by atomic mass is 32.1. The second-order valence-corrected chi connectivity index (χ2v) is 5.69. The van der Waals surface area contributed by atoms with Gasteiger partial charge < -0.3 is 5.32 Å². The van der Waals surface area contributed by atoms with E-state index < -0.39 is 0 Å². The molecule has 4 heteroatoms. The molecule has 15 heavy (non-hydrogen) atoms. The minimum atomic E-state index is 0.483. The van der Waals surface area contributed by atoms with Crippen molar-refractivity contribution in [3.05, 3.63) is 34.0 Å². The van der Waals surface area contributed by atoms with Crippen molar-refractivity contribution >= 4 is 27.8 Å². The van der Waals surface area contributed by atoms with Gasteiger partial charge in [-0.2, -0.15) is 0 Å². The zero-order chi connectivity index (χ0) is 10.1. The predicted octanol–water partition coefficient (Wildman–Crippen LogP) is 3.77. The quantitative estimate of drug-likeness (QED) is 0.874. The van der Waals surface area contributed by atoms with Gasteiger partial charge in [-0.05, 0) is 30.2 Å². The van der Waals surface area contributed by atoms with E-state index in [9.17, 15) is 0 Å². The molecule has 2 aromatic rings. The van der Waals surface area contributed by atoms with Crippen LogP contribution >= 0.6 is 22.7 Å². The molecule has 1 aliphatic rings. The van der Waals surface area contributed by atoms with E-state index in [4.69, 9.17) is 0 Å². The lowest BCUT2D eigenvalue weighted by atomic mass is 10.1. The normalized spacial score (nSPS) is 17.6. The van der Waals surface area contributed by atoms with Crippen LogP contribution in [0.5, 0.6) is 0 Å². The summed E-state index contributed by atoms with van der Waals surface area (Å²) in [6, 6.07) is 4.82. The molecule has 1 N–H and O–H groups in total. The third-order valence-corrected chi connectivity index (χ3v) is 4.31. The molecule has 1 aliphatic carbocycles. The smallest absolute Gasteiger partial charge is 0.183 e. The van der Waals surface area contributed by atoms with Crippen LogP contribution in [0, 0.1) is 5.92 Å². The van der Waals surface area contributed by atoms with Gasteiger partial charge in [-0.25, -0.2) is 4.98 Å². The molecule has 2 aromatic heterocycles. The molecule has 0 aliphatic heterocycles. The summed E-state index contributed by atoms with van der Waals surface area (Å²) >= 11 is 3.51. The summed E-state index contributed by atoms with van der Waals surface area (Å²) in [5.74, 6) is 0.813. The number of nitrogens with one attached hydrogen (secondary N) is 1. The predicted molar refractivity (Wildman–Crippen MR) is 65.5 cm³/mol. The van der Waals surface area contributed by atoms with Crippen LogP contribution in [0.4, 0.5) is 5.13 Å². The highest BCUT2D eigenvalue weighted by molar-refractivity contribution is 7.13. The average Bonchev–Trinajstić information content (AvgIpc) is 2.78. The van der Waals surface area contributed by atoms with Crippen LogP contribution in [0.25, 0.3) is 0 Å². The van der Waals surface area contributed by atoms with Gasteiger partial charge in [0.1, 0.15) is 0 Å². The van der Waals surface area contributed by atoms with Crippen LogP contribution in [0.2, 0.25) is 0 Å². The van der Waals surface area contributed by atoms with Gasteiger partial charge in [-0.3, -0.25) is 0 Å². The topological polar surface area (TPSA) is 24.9 Å². The number of thiophene rings is 1. The monoisotopic (exact) mass is 236 g/mol. The van der Waals surface area contributed by atoms with Gasteiger partial charge in [0.05, 0.1) is 6.04 Å². The molecule has 1 saturated carbocycles. The third kappa shape index (κ3) is 2.06. The standard InChI is InChI=1S/C11H12N2S2/c1-2-9(14-6-1)10(8-3-4-8)13-11-12-5-7-15-11/h1-2,5-8,10H,3-4H2,(H,12,13). The van der Waals surface area contributed by atoms with E-state index in [1.54, 1.807) is 11.3 Å². The van der Waals surface area contributed by atoms with Crippen molar-refractivity contribution in [1.29, 1.82) is 0 Å². The number of thiazole rings is 1. The summed E-state index contributed by atoms with van der Waals surface area (Å²) in [6.45, 7) is 0. The largest absolute Gasteiger partial charge is 0.354 e. The first kappa shape index (κ1) is 9.36. The van der Waals surface area contributed by atoms with Crippen LogP contribution in [-0.4, -0.2) is 4.98 Å². The summed E-state index contributed by atoms with van der Waals surface area (Å²) in [7, 11) is 0. The van der Waals surface area contributed by atoms with E-state index >= 15 is 0 Å². The van der Waals surface area contributed by atoms with Crippen molar-refractivity contribution in [2.24, 2.45) is 5.92 Å². The number of aromatic nitrogens is 1. The zero-order valence-corrected chi connectivity index (χ0v) is 9.85. The number of rotatable bonds is 4. The maximum atomic E-state index is 4.29. The van der Waals surface area contributed by atoms with Crippen LogP contribution in [0.3, 0.4) is 0 Å². The molecule has 1 fully saturated rings. The molecule has 2 nitrogen and oxygen atoms in total. The zero-order valence-electron chi connectivity index (χ0n) is 8.22. The summed E-state index contributed by atoms with van der Waals surface area (Å²) in [6.07, 6.45) is 4.55. The minimum Gasteiger partial charge on any atom is -0.354 e. The Morgan fingerprint density at radius 2 is 2.27 bits per heavy atom. The van der Waals surface area contributed by atoms with Gasteiger partial charge in [0, 0.05) is 16.5 Å². The van der Waals surface area contributed by atoms with Crippen LogP contribution in [0.1, 0.15) is 23.8 Å². The maximum absolute atomic E-state index is 4.29. The van der Waals surface area contributed by atoms with E-state index in [1.165, 1.54) is 17.7 Å². The first-order chi connectivity index (χ1) is 7.43. The van der Waals surface area contributed by atoms with Gasteiger partial charge in [-0.15, -0.1) is 22.7 Å². The number of anilines is 1. The Kier molecular flexibility index (Phi) is 2.46. The molecule has 0 bridgehead atoms. The molecule has 1 atom stereocenters. The van der Waals surface area contributed by atoms with Gasteiger partial charge in [0.15, 0.2) is 5.13 Å². The highest BCUT2D eigenvalue weighted by Crippen LogP contribution is 2.44. The molecule has 0 aromatic carbocycles. The van der Waals surface area contributed by atoms with Crippen molar-refractivity contribution in [2.75, 3.05) is 5.32 Å². The SMILES string of the molecule is c1csc(C(Nc2nccs2)C2CC2)c1. The molecule has 3 rings (SSSR count). The molecule has 2 heterocycles. The molecule has 0 radical (unpaired) electrons. The average molecular weight is 236 g/mol. The lowest BCUT2D eigenvalue weighted by molar-refractivity contribution is 0.690. The van der Waals surface area contributed by atoms with Gasteiger partial charge in [-0.1, -0.05) is 6.07 Å². The van der Waals surface area contributed by atoms with E-state index in [2.05, 4.69) is 27.8 Å². The van der Waals surface area contributed by atoms with E-state index in [1.807, 2.05) is 22.9 Å². The fraction of sp³-hybridized carbons (Fsp3) is 0.364. The fourth-order valence-corrected chi connectivity index (χ4v) is 3.18. The Morgan fingerprint density at radius 1 is 1.33 bits per heavy atom. The van der Waals surface area contributed by atoms with Gasteiger partial charge in [0.2, 0.25) is 0 Å². The molecule has 78 valence electrons.